The van der Waals surface area contributed by atoms with Crippen LogP contribution in [0.5, 0.6) is 0 Å². The van der Waals surface area contributed by atoms with Gasteiger partial charge in [-0.25, -0.2) is 4.79 Å². The number of benzene rings is 1. The van der Waals surface area contributed by atoms with Crippen molar-refractivity contribution in [1.82, 2.24) is 5.10 Å². The van der Waals surface area contributed by atoms with E-state index < -0.39 is 5.63 Å². The summed E-state index contributed by atoms with van der Waals surface area (Å²) >= 11 is 1.25. The van der Waals surface area contributed by atoms with Gasteiger partial charge in [0.2, 0.25) is 5.78 Å². The molecule has 20 heavy (non-hydrogen) atoms. The van der Waals surface area contributed by atoms with Gasteiger partial charge in [0.1, 0.15) is 11.1 Å². The van der Waals surface area contributed by atoms with Gasteiger partial charge in [0, 0.05) is 17.0 Å². The van der Waals surface area contributed by atoms with Crippen molar-refractivity contribution >= 4 is 33.2 Å². The lowest BCUT2D eigenvalue weighted by Gasteiger charge is -2.02. The number of carbonyl (C=O) groups is 1. The Bertz CT molecular complexity index is 853. The minimum atomic E-state index is -0.553. The van der Waals surface area contributed by atoms with Crippen molar-refractivity contribution in [3.63, 3.8) is 0 Å². The van der Waals surface area contributed by atoms with Gasteiger partial charge in [0.15, 0.2) is 6.54 Å². The van der Waals surface area contributed by atoms with Crippen LogP contribution in [-0.2, 0) is 6.54 Å². The van der Waals surface area contributed by atoms with E-state index in [0.717, 1.165) is 0 Å². The van der Waals surface area contributed by atoms with E-state index >= 15 is 0 Å². The third kappa shape index (κ3) is 2.19. The molecule has 2 aromatic heterocycles. The molecule has 2 heterocycles. The molecular weight excluding hydrogens is 278 g/mol. The predicted octanol–water partition coefficient (Wildman–Crippen LogP) is 1.00. The summed E-state index contributed by atoms with van der Waals surface area (Å²) in [5.41, 5.74) is 7.40. The van der Waals surface area contributed by atoms with Crippen LogP contribution in [-0.4, -0.2) is 10.9 Å². The lowest BCUT2D eigenvalue weighted by molar-refractivity contribution is -0.723. The molecule has 0 amide bonds. The maximum Gasteiger partial charge on any atom is 0.354 e. The standard InChI is InChI=1S/C13H9N3O3S/c14-13-16(15-7-20-13)6-10(17)9-5-12(18)19-11-4-2-1-3-8(9)11/h1-5,7,14H,6H2/p+1. The van der Waals surface area contributed by atoms with Gasteiger partial charge in [0.25, 0.3) is 0 Å². The van der Waals surface area contributed by atoms with Gasteiger partial charge < -0.3 is 4.42 Å². The fraction of sp³-hybridized carbons (Fsp3) is 0.0769. The van der Waals surface area contributed by atoms with E-state index in [2.05, 4.69) is 5.10 Å². The second-order valence-corrected chi connectivity index (χ2v) is 5.00. The first kappa shape index (κ1) is 12.5. The smallest absolute Gasteiger partial charge is 0.354 e. The average Bonchev–Trinajstić information content (AvgIpc) is 2.83. The Morgan fingerprint density at radius 1 is 1.40 bits per heavy atom. The van der Waals surface area contributed by atoms with Crippen LogP contribution < -0.4 is 16.0 Å². The average molecular weight is 288 g/mol. The first-order valence-corrected chi connectivity index (χ1v) is 6.68. The highest BCUT2D eigenvalue weighted by molar-refractivity contribution is 7.12. The molecule has 0 saturated carbocycles. The second kappa shape index (κ2) is 4.86. The van der Waals surface area contributed by atoms with E-state index in [-0.39, 0.29) is 12.3 Å². The van der Waals surface area contributed by atoms with Crippen molar-refractivity contribution < 1.29 is 13.9 Å². The van der Waals surface area contributed by atoms with Gasteiger partial charge in [-0.15, -0.1) is 4.68 Å². The summed E-state index contributed by atoms with van der Waals surface area (Å²) in [7, 11) is 0. The number of fused-ring (bicyclic) bond motifs is 1. The van der Waals surface area contributed by atoms with Crippen LogP contribution in [0.25, 0.3) is 11.0 Å². The summed E-state index contributed by atoms with van der Waals surface area (Å²) in [5, 5.41) is 5.01. The zero-order chi connectivity index (χ0) is 14.1. The Morgan fingerprint density at radius 2 is 2.20 bits per heavy atom. The normalized spacial score (nSPS) is 10.8. The van der Waals surface area contributed by atoms with Gasteiger partial charge in [-0.1, -0.05) is 23.3 Å². The first-order chi connectivity index (χ1) is 9.65. The molecule has 6 nitrogen and oxygen atoms in total. The molecule has 0 aliphatic carbocycles. The van der Waals surface area contributed by atoms with Crippen LogP contribution in [0.15, 0.2) is 45.1 Å². The van der Waals surface area contributed by atoms with Gasteiger partial charge in [-0.05, 0) is 17.4 Å². The monoisotopic (exact) mass is 288 g/mol. The first-order valence-electron chi connectivity index (χ1n) is 5.80. The molecular formula is C13H10N3O3S+. The number of Topliss-reactive ketones (excluding diaryl/α,β-unsaturated/α-hetero) is 1. The molecule has 7 heteroatoms. The molecule has 0 unspecified atom stereocenters. The van der Waals surface area contributed by atoms with Crippen LogP contribution in [0.2, 0.25) is 0 Å². The van der Waals surface area contributed by atoms with E-state index in [9.17, 15) is 9.59 Å². The van der Waals surface area contributed by atoms with Gasteiger partial charge in [-0.2, -0.15) is 0 Å². The summed E-state index contributed by atoms with van der Waals surface area (Å²) in [4.78, 5) is 23.9. The van der Waals surface area contributed by atoms with Crippen molar-refractivity contribution in [2.45, 2.75) is 6.54 Å². The third-order valence-corrected chi connectivity index (χ3v) is 3.51. The SMILES string of the molecule is Nc1scn[n+]1CC(=O)c1cc(=O)oc2ccccc12. The van der Waals surface area contributed by atoms with E-state index in [1.165, 1.54) is 22.1 Å². The molecule has 2 N–H and O–H groups in total. The minimum absolute atomic E-state index is 0.0111. The molecule has 0 spiro atoms. The lowest BCUT2D eigenvalue weighted by atomic mass is 10.1. The number of ketones is 1. The predicted molar refractivity (Wildman–Crippen MR) is 73.5 cm³/mol. The highest BCUT2D eigenvalue weighted by Gasteiger charge is 2.18. The largest absolute Gasteiger partial charge is 0.423 e. The third-order valence-electron chi connectivity index (χ3n) is 2.86. The number of hydrogen-bond acceptors (Lipinski definition) is 6. The number of nitrogens with zero attached hydrogens (tertiary/aromatic N) is 2. The highest BCUT2D eigenvalue weighted by atomic mass is 32.1. The summed E-state index contributed by atoms with van der Waals surface area (Å²) in [5.74, 6) is -0.239. The summed E-state index contributed by atoms with van der Waals surface area (Å²) in [6, 6.07) is 8.11. The number of para-hydroxylation sites is 1. The van der Waals surface area contributed by atoms with E-state index in [0.29, 0.717) is 21.7 Å². The van der Waals surface area contributed by atoms with Crippen molar-refractivity contribution in [3.05, 3.63) is 51.8 Å². The van der Waals surface area contributed by atoms with Crippen LogP contribution in [0.3, 0.4) is 0 Å². The number of carbonyl (C=O) groups excluding carboxylic acids is 1. The maximum absolute atomic E-state index is 12.3. The number of nitrogens with two attached hydrogens (primary N) is 1. The number of hydrogen-bond donors (Lipinski definition) is 1. The number of aromatic nitrogens is 2. The molecule has 0 fully saturated rings. The number of rotatable bonds is 3. The molecule has 0 saturated heterocycles. The summed E-state index contributed by atoms with van der Waals surface area (Å²) < 4.78 is 6.46. The zero-order valence-electron chi connectivity index (χ0n) is 10.3. The van der Waals surface area contributed by atoms with Crippen molar-refractivity contribution in [1.29, 1.82) is 0 Å². The Kier molecular flexibility index (Phi) is 3.03. The van der Waals surface area contributed by atoms with E-state index in [4.69, 9.17) is 10.2 Å². The Hall–Kier alpha value is -2.54. The topological polar surface area (TPSA) is 90.1 Å². The van der Waals surface area contributed by atoms with Crippen molar-refractivity contribution in [2.24, 2.45) is 0 Å². The molecule has 3 rings (SSSR count). The van der Waals surface area contributed by atoms with Gasteiger partial charge >= 0.3 is 10.8 Å². The molecule has 0 atom stereocenters. The molecule has 0 radical (unpaired) electrons. The molecule has 1 aromatic carbocycles. The Labute approximate surface area is 117 Å². The van der Waals surface area contributed by atoms with E-state index in [1.54, 1.807) is 29.8 Å². The molecule has 0 aliphatic rings. The minimum Gasteiger partial charge on any atom is -0.423 e. The van der Waals surface area contributed by atoms with Crippen LogP contribution in [0, 0.1) is 0 Å². The highest BCUT2D eigenvalue weighted by Crippen LogP contribution is 2.17. The van der Waals surface area contributed by atoms with Crippen molar-refractivity contribution in [2.75, 3.05) is 5.73 Å². The number of anilines is 1. The maximum atomic E-state index is 12.3. The Morgan fingerprint density at radius 3 is 2.95 bits per heavy atom. The molecule has 100 valence electrons. The summed E-state index contributed by atoms with van der Waals surface area (Å²) in [6.07, 6.45) is 0. The van der Waals surface area contributed by atoms with Gasteiger partial charge in [-0.3, -0.25) is 10.5 Å². The van der Waals surface area contributed by atoms with E-state index in [1.807, 2.05) is 0 Å². The van der Waals surface area contributed by atoms with Gasteiger partial charge in [0.05, 0.1) is 0 Å². The fourth-order valence-corrected chi connectivity index (χ4v) is 2.44. The Balaban J connectivity index is 2.08. The van der Waals surface area contributed by atoms with Crippen LogP contribution in [0.4, 0.5) is 5.13 Å². The zero-order valence-corrected chi connectivity index (χ0v) is 11.1. The lowest BCUT2D eigenvalue weighted by Crippen LogP contribution is -2.41. The molecule has 3 aromatic rings. The fourth-order valence-electron chi connectivity index (χ4n) is 1.93. The van der Waals surface area contributed by atoms with Crippen LogP contribution >= 0.6 is 11.3 Å². The second-order valence-electron chi connectivity index (χ2n) is 4.13. The number of nitrogen functional groups attached to an aromatic ring is 1. The quantitative estimate of drug-likeness (QED) is 0.441. The van der Waals surface area contributed by atoms with Crippen LogP contribution in [0.1, 0.15) is 10.4 Å². The molecule has 0 bridgehead atoms. The summed E-state index contributed by atoms with van der Waals surface area (Å²) in [6.45, 7) is -0.0111. The van der Waals surface area contributed by atoms with Crippen molar-refractivity contribution in [3.8, 4) is 0 Å². The molecule has 0 aliphatic heterocycles.